The van der Waals surface area contributed by atoms with Gasteiger partial charge in [0.25, 0.3) is 5.91 Å². The Balaban J connectivity index is 1.48. The van der Waals surface area contributed by atoms with Gasteiger partial charge in [-0.1, -0.05) is 48.0 Å². The van der Waals surface area contributed by atoms with Crippen molar-refractivity contribution in [3.63, 3.8) is 0 Å². The molecule has 3 rings (SSSR count). The molecule has 3 aromatic rings. The zero-order chi connectivity index (χ0) is 22.2. The van der Waals surface area contributed by atoms with Gasteiger partial charge in [-0.15, -0.1) is 0 Å². The summed E-state index contributed by atoms with van der Waals surface area (Å²) in [5.41, 5.74) is 9.02. The molecule has 0 aliphatic heterocycles. The number of amides is 1. The Hall–Kier alpha value is -3.71. The monoisotopic (exact) mass is 433 g/mol. The fourth-order valence-electron chi connectivity index (χ4n) is 2.81. The number of rotatable bonds is 6. The lowest BCUT2D eigenvalue weighted by molar-refractivity contribution is -0.123. The molecule has 0 saturated carbocycles. The van der Waals surface area contributed by atoms with Crippen molar-refractivity contribution >= 4 is 34.7 Å². The second kappa shape index (κ2) is 10.4. The summed E-state index contributed by atoms with van der Waals surface area (Å²) in [6, 6.07) is 21.9. The molecule has 6 nitrogen and oxygen atoms in total. The van der Waals surface area contributed by atoms with Crippen LogP contribution in [0.15, 0.2) is 72.8 Å². The Kier molecular flexibility index (Phi) is 7.35. The number of carbonyl (C=O) groups excluding carboxylic acids is 2. The van der Waals surface area contributed by atoms with Crippen molar-refractivity contribution in [3.8, 4) is 5.75 Å². The van der Waals surface area contributed by atoms with Gasteiger partial charge in [-0.2, -0.15) is 0 Å². The normalized spacial score (nSPS) is 10.1. The second-order valence-electron chi connectivity index (χ2n) is 6.96. The van der Waals surface area contributed by atoms with E-state index in [4.69, 9.17) is 17.0 Å². The summed E-state index contributed by atoms with van der Waals surface area (Å²) in [7, 11) is 0. The van der Waals surface area contributed by atoms with Crippen LogP contribution < -0.4 is 20.9 Å². The van der Waals surface area contributed by atoms with Gasteiger partial charge in [-0.05, 0) is 62.0 Å². The number of hydrogen-bond donors (Lipinski definition) is 3. The maximum atomic E-state index is 12.5. The van der Waals surface area contributed by atoms with Crippen LogP contribution in [0, 0.1) is 13.8 Å². The maximum Gasteiger partial charge on any atom is 0.276 e. The highest BCUT2D eigenvalue weighted by atomic mass is 32.1. The maximum absolute atomic E-state index is 12.5. The van der Waals surface area contributed by atoms with Crippen LogP contribution in [0.25, 0.3) is 0 Å². The molecule has 1 amide bonds. The Morgan fingerprint density at radius 1 is 0.871 bits per heavy atom. The highest BCUT2D eigenvalue weighted by Crippen LogP contribution is 2.21. The summed E-state index contributed by atoms with van der Waals surface area (Å²) in [5.74, 6) is 0.0730. The molecular formula is C24H23N3O3S. The number of benzene rings is 3. The summed E-state index contributed by atoms with van der Waals surface area (Å²) < 4.78 is 5.58. The largest absolute Gasteiger partial charge is 0.483 e. The Bertz CT molecular complexity index is 1080. The molecule has 0 aromatic heterocycles. The Morgan fingerprint density at radius 3 is 2.26 bits per heavy atom. The number of hydrogen-bond acceptors (Lipinski definition) is 4. The summed E-state index contributed by atoms with van der Waals surface area (Å²) in [5, 5.41) is 3.23. The van der Waals surface area contributed by atoms with E-state index >= 15 is 0 Å². The number of carbonyl (C=O) groups is 2. The molecule has 0 bridgehead atoms. The highest BCUT2D eigenvalue weighted by molar-refractivity contribution is 7.80. The summed E-state index contributed by atoms with van der Waals surface area (Å²) in [6.07, 6.45) is 0. The number of ether oxygens (including phenoxy) is 1. The van der Waals surface area contributed by atoms with Crippen LogP contribution in [0.4, 0.5) is 5.69 Å². The number of nitrogens with one attached hydrogen (secondary N) is 3. The zero-order valence-corrected chi connectivity index (χ0v) is 18.1. The van der Waals surface area contributed by atoms with E-state index in [2.05, 4.69) is 16.2 Å². The van der Waals surface area contributed by atoms with Crippen molar-refractivity contribution in [1.29, 1.82) is 0 Å². The van der Waals surface area contributed by atoms with E-state index in [0.717, 1.165) is 16.8 Å². The van der Waals surface area contributed by atoms with E-state index in [-0.39, 0.29) is 17.5 Å². The topological polar surface area (TPSA) is 79.5 Å². The molecule has 158 valence electrons. The summed E-state index contributed by atoms with van der Waals surface area (Å²) in [4.78, 5) is 24.6. The SMILES string of the molecule is Cc1ccc(NC(=S)NNC(=O)COc2ccc(C(=O)c3ccccc3)cc2C)cc1. The van der Waals surface area contributed by atoms with Gasteiger partial charge in [-0.3, -0.25) is 20.4 Å². The minimum atomic E-state index is -0.392. The van der Waals surface area contributed by atoms with Crippen LogP contribution in [0.5, 0.6) is 5.75 Å². The molecule has 0 saturated heterocycles. The summed E-state index contributed by atoms with van der Waals surface area (Å²) >= 11 is 5.15. The first-order chi connectivity index (χ1) is 14.9. The van der Waals surface area contributed by atoms with Crippen LogP contribution in [-0.4, -0.2) is 23.4 Å². The van der Waals surface area contributed by atoms with E-state index in [1.807, 2.05) is 56.3 Å². The first-order valence-electron chi connectivity index (χ1n) is 9.68. The molecule has 0 spiro atoms. The lowest BCUT2D eigenvalue weighted by Crippen LogP contribution is -2.45. The number of thiocarbonyl (C=S) groups is 1. The molecule has 0 heterocycles. The number of hydrazine groups is 1. The van der Waals surface area contributed by atoms with Crippen molar-refractivity contribution < 1.29 is 14.3 Å². The van der Waals surface area contributed by atoms with Gasteiger partial charge >= 0.3 is 0 Å². The van der Waals surface area contributed by atoms with Gasteiger partial charge in [0.1, 0.15) is 5.75 Å². The predicted molar refractivity (Wildman–Crippen MR) is 125 cm³/mol. The molecule has 0 atom stereocenters. The minimum Gasteiger partial charge on any atom is -0.483 e. The second-order valence-corrected chi connectivity index (χ2v) is 7.37. The van der Waals surface area contributed by atoms with Crippen LogP contribution in [-0.2, 0) is 4.79 Å². The molecule has 0 aliphatic carbocycles. The van der Waals surface area contributed by atoms with Gasteiger partial charge in [-0.25, -0.2) is 0 Å². The van der Waals surface area contributed by atoms with Gasteiger partial charge in [0, 0.05) is 16.8 Å². The minimum absolute atomic E-state index is 0.0632. The van der Waals surface area contributed by atoms with Gasteiger partial charge < -0.3 is 10.1 Å². The van der Waals surface area contributed by atoms with Crippen molar-refractivity contribution in [1.82, 2.24) is 10.9 Å². The molecule has 0 aliphatic rings. The molecule has 0 radical (unpaired) electrons. The molecule has 3 aromatic carbocycles. The third-order valence-corrected chi connectivity index (χ3v) is 4.66. The average molecular weight is 434 g/mol. The van der Waals surface area contributed by atoms with Crippen molar-refractivity contribution in [3.05, 3.63) is 95.1 Å². The van der Waals surface area contributed by atoms with Crippen molar-refractivity contribution in [2.24, 2.45) is 0 Å². The van der Waals surface area contributed by atoms with Gasteiger partial charge in [0.15, 0.2) is 17.5 Å². The van der Waals surface area contributed by atoms with Crippen LogP contribution in [0.2, 0.25) is 0 Å². The van der Waals surface area contributed by atoms with Crippen LogP contribution in [0.1, 0.15) is 27.0 Å². The first kappa shape index (κ1) is 22.0. The highest BCUT2D eigenvalue weighted by Gasteiger charge is 2.11. The van der Waals surface area contributed by atoms with Gasteiger partial charge in [0.05, 0.1) is 0 Å². The first-order valence-corrected chi connectivity index (χ1v) is 10.1. The average Bonchev–Trinajstić information content (AvgIpc) is 2.78. The standard InChI is InChI=1S/C24H23N3O3S/c1-16-8-11-20(12-9-16)25-24(31)27-26-22(28)15-30-21-13-10-19(14-17(21)2)23(29)18-6-4-3-5-7-18/h3-14H,15H2,1-2H3,(H,26,28)(H2,25,27,31). The fraction of sp³-hybridized carbons (Fsp3) is 0.125. The van der Waals surface area contributed by atoms with Gasteiger partial charge in [0.2, 0.25) is 0 Å². The van der Waals surface area contributed by atoms with Crippen LogP contribution in [0.3, 0.4) is 0 Å². The van der Waals surface area contributed by atoms with E-state index in [9.17, 15) is 9.59 Å². The lowest BCUT2D eigenvalue weighted by atomic mass is 10.0. The Labute approximate surface area is 186 Å². The van der Waals surface area contributed by atoms with E-state index < -0.39 is 5.91 Å². The van der Waals surface area contributed by atoms with E-state index in [1.54, 1.807) is 30.3 Å². The number of ketones is 1. The predicted octanol–water partition coefficient (Wildman–Crippen LogP) is 3.93. The third-order valence-electron chi connectivity index (χ3n) is 4.46. The van der Waals surface area contributed by atoms with E-state index in [0.29, 0.717) is 16.9 Å². The third kappa shape index (κ3) is 6.38. The fourth-order valence-corrected chi connectivity index (χ4v) is 2.98. The molecule has 31 heavy (non-hydrogen) atoms. The summed E-state index contributed by atoms with van der Waals surface area (Å²) in [6.45, 7) is 3.62. The molecule has 3 N–H and O–H groups in total. The van der Waals surface area contributed by atoms with E-state index in [1.165, 1.54) is 0 Å². The smallest absolute Gasteiger partial charge is 0.276 e. The molecule has 0 unspecified atom stereocenters. The quantitative estimate of drug-likeness (QED) is 0.311. The molecular weight excluding hydrogens is 410 g/mol. The Morgan fingerprint density at radius 2 is 1.58 bits per heavy atom. The van der Waals surface area contributed by atoms with Crippen molar-refractivity contribution in [2.75, 3.05) is 11.9 Å². The molecule has 7 heteroatoms. The van der Waals surface area contributed by atoms with Crippen LogP contribution >= 0.6 is 12.2 Å². The molecule has 0 fully saturated rings. The number of anilines is 1. The lowest BCUT2D eigenvalue weighted by Gasteiger charge is -2.13. The number of aryl methyl sites for hydroxylation is 2. The van der Waals surface area contributed by atoms with Crippen molar-refractivity contribution in [2.45, 2.75) is 13.8 Å². The zero-order valence-electron chi connectivity index (χ0n) is 17.3.